The van der Waals surface area contributed by atoms with Crippen molar-refractivity contribution >= 4 is 99.7 Å². The lowest BCUT2D eigenvalue weighted by Crippen LogP contribution is -1.94. The van der Waals surface area contributed by atoms with Crippen molar-refractivity contribution in [1.29, 1.82) is 5.26 Å². The van der Waals surface area contributed by atoms with Crippen molar-refractivity contribution in [3.63, 3.8) is 0 Å². The third-order valence-corrected chi connectivity index (χ3v) is 13.0. The molecule has 0 aliphatic rings. The molecule has 12 rings (SSSR count). The van der Waals surface area contributed by atoms with Crippen LogP contribution in [0.3, 0.4) is 0 Å². The van der Waals surface area contributed by atoms with Crippen LogP contribution in [-0.2, 0) is 0 Å². The Hall–Kier alpha value is -9.00. The third kappa shape index (κ3) is 20.0. The van der Waals surface area contributed by atoms with Crippen LogP contribution >= 0.6 is 0 Å². The maximum atomic E-state index is 8.67. The van der Waals surface area contributed by atoms with Crippen molar-refractivity contribution in [2.24, 2.45) is 0 Å². The summed E-state index contributed by atoms with van der Waals surface area (Å²) < 4.78 is 31.2. The third-order valence-electron chi connectivity index (χ3n) is 11.1. The molecule has 0 atom stereocenters. The van der Waals surface area contributed by atoms with E-state index in [-0.39, 0.29) is 0 Å². The summed E-state index contributed by atoms with van der Waals surface area (Å²) in [6.07, 6.45) is 31.9. The normalized spacial score (nSPS) is 9.70. The van der Waals surface area contributed by atoms with Gasteiger partial charge in [0.25, 0.3) is 0 Å². The van der Waals surface area contributed by atoms with E-state index in [4.69, 9.17) is 28.0 Å². The molecule has 12 aromatic rings. The van der Waals surface area contributed by atoms with Crippen LogP contribution < -0.4 is 22.7 Å². The Labute approximate surface area is 550 Å². The molecule has 0 saturated heterocycles. The Morgan fingerprint density at radius 3 is 1.30 bits per heavy atom. The molecule has 29 heteroatoms. The highest BCUT2D eigenvalue weighted by Crippen LogP contribution is 2.29. The van der Waals surface area contributed by atoms with Gasteiger partial charge in [0.2, 0.25) is 0 Å². The van der Waals surface area contributed by atoms with Gasteiger partial charge in [0.15, 0.2) is 23.4 Å². The second kappa shape index (κ2) is 36.8. The minimum absolute atomic E-state index is 0.528. The van der Waals surface area contributed by atoms with Crippen molar-refractivity contribution in [3.8, 4) is 109 Å². The number of aryl methyl sites for hydroxylation is 1. The zero-order chi connectivity index (χ0) is 61.3. The molecule has 0 bridgehead atoms. The van der Waals surface area contributed by atoms with Gasteiger partial charge in [-0.05, 0) is 110 Å². The van der Waals surface area contributed by atoms with E-state index in [1.807, 2.05) is 79.9 Å². The lowest BCUT2D eigenvalue weighted by molar-refractivity contribution is 0.590. The number of pyridine rings is 8. The van der Waals surface area contributed by atoms with Gasteiger partial charge >= 0.3 is 99.7 Å². The van der Waals surface area contributed by atoms with Gasteiger partial charge in [-0.2, -0.15) is 5.26 Å². The van der Waals surface area contributed by atoms with Crippen LogP contribution in [0, 0.1) is 18.3 Å². The molecule has 0 spiro atoms. The molecule has 0 N–H and O–H groups in total. The number of aromatic nitrogens is 16. The molecule has 12 heterocycles. The summed E-state index contributed by atoms with van der Waals surface area (Å²) in [7, 11) is 0. The molecule has 12 aromatic heterocycles. The van der Waals surface area contributed by atoms with E-state index in [2.05, 4.69) is 79.7 Å². The summed E-state index contributed by atoms with van der Waals surface area (Å²) in [5.41, 5.74) is 8.83. The van der Waals surface area contributed by atoms with Crippen molar-refractivity contribution < 1.29 is 22.7 Å². The predicted molar refractivity (Wildman–Crippen MR) is 332 cm³/mol. The molecule has 23 nitrogen and oxygen atoms in total. The van der Waals surface area contributed by atoms with Gasteiger partial charge in [0.1, 0.15) is 41.0 Å². The van der Waals surface area contributed by atoms with Crippen molar-refractivity contribution in [3.05, 3.63) is 232 Å². The average molecular weight is 1240 g/mol. The first-order valence-corrected chi connectivity index (χ1v) is 28.9. The van der Waals surface area contributed by atoms with Crippen LogP contribution in [-0.4, -0.2) is 179 Å². The Kier molecular flexibility index (Phi) is 27.7. The van der Waals surface area contributed by atoms with Crippen LogP contribution in [0.15, 0.2) is 221 Å². The molecule has 6 radical (unpaired) electrons. The van der Waals surface area contributed by atoms with Crippen molar-refractivity contribution in [2.45, 2.75) is 6.92 Å². The summed E-state index contributed by atoms with van der Waals surface area (Å²) >= 11 is 8.47. The van der Waals surface area contributed by atoms with E-state index >= 15 is 0 Å². The quantitative estimate of drug-likeness (QED) is 0.131. The van der Waals surface area contributed by atoms with Crippen molar-refractivity contribution in [2.75, 3.05) is 0 Å². The topological polar surface area (TPSA) is 285 Å². The largest absolute Gasteiger partial charge is 0.650 e. The van der Waals surface area contributed by atoms with E-state index in [0.29, 0.717) is 51.8 Å². The fourth-order valence-corrected chi connectivity index (χ4v) is 8.53. The molecule has 0 aliphatic carbocycles. The zero-order valence-corrected chi connectivity index (χ0v) is 55.1. The van der Waals surface area contributed by atoms with E-state index in [1.54, 1.807) is 142 Å². The molecule has 0 aromatic carbocycles. The van der Waals surface area contributed by atoms with Crippen LogP contribution in [0.5, 0.6) is 34.6 Å². The first-order chi connectivity index (χ1) is 42.8. The highest BCUT2D eigenvalue weighted by atomic mass is 27.1. The van der Waals surface area contributed by atoms with Gasteiger partial charge in [0, 0.05) is 105 Å². The summed E-state index contributed by atoms with van der Waals surface area (Å²) in [6, 6.07) is 33.1. The molecular formula is C58H45Al6N17O6. The summed E-state index contributed by atoms with van der Waals surface area (Å²) in [5.74, 6) is 6.10. The fourth-order valence-electron chi connectivity index (χ4n) is 7.10. The van der Waals surface area contributed by atoms with E-state index in [1.165, 1.54) is 112 Å². The molecule has 87 heavy (non-hydrogen) atoms. The van der Waals surface area contributed by atoms with Crippen molar-refractivity contribution in [1.82, 2.24) is 79.7 Å². The zero-order valence-electron chi connectivity index (χ0n) is 46.6. The van der Waals surface area contributed by atoms with Crippen LogP contribution in [0.1, 0.15) is 11.1 Å². The average Bonchev–Trinajstić information content (AvgIpc) is 3.70. The highest BCUT2D eigenvalue weighted by Gasteiger charge is 2.11. The minimum Gasteiger partial charge on any atom is -0.650 e. The van der Waals surface area contributed by atoms with E-state index in [0.717, 1.165) is 62.1 Å². The number of nitrogens with zero attached hydrogens (tertiary/aromatic N) is 17. The lowest BCUT2D eigenvalue weighted by Gasteiger charge is -2.07. The molecular weight excluding hydrogens is 1190 g/mol. The van der Waals surface area contributed by atoms with Gasteiger partial charge in [-0.1, -0.05) is 6.07 Å². The van der Waals surface area contributed by atoms with Gasteiger partial charge in [0.05, 0.1) is 62.6 Å². The monoisotopic (exact) mass is 1240 g/mol. The second-order valence-electron chi connectivity index (χ2n) is 16.6. The molecule has 0 fully saturated rings. The molecule has 0 amide bonds. The molecule has 0 saturated carbocycles. The Balaban J connectivity index is 0.000000149. The van der Waals surface area contributed by atoms with Gasteiger partial charge in [-0.15, -0.1) is 0 Å². The Morgan fingerprint density at radius 2 is 0.793 bits per heavy atom. The fraction of sp³-hybridized carbons (Fsp3) is 0.0172. The molecule has 416 valence electrons. The number of nitriles is 1. The molecule has 0 unspecified atom stereocenters. The van der Waals surface area contributed by atoms with Crippen LogP contribution in [0.2, 0.25) is 0 Å². The Morgan fingerprint density at radius 1 is 0.322 bits per heavy atom. The standard InChI is InChI=1S/C11H7N3O.C11H10N2O.4C9H7N3O.6Al.6H/c12-6-8-3-4-9(14-7-8)11-10(15)2-1-5-13-11;1-8-4-5-9(13-7-8)11-10(14)3-2-6-12-11;13-9-2-4-10-5-7(9)8-1-3-11-6-12-8;13-8-2-5-10-6-7(8)9-11-3-1-4-12-9;13-8-6-10-5-2-7(8)9-11-3-1-4-12-9;13-9-7(3-1-4-12-9)8-10-5-2-6-11-8;;;;;;;;;;;;/h1-5,7,15H;2-7,14H,1H3;2*1-6H,(H,10,13);1-6,13H;1-6H,(H,12,13);;;;;;;;;;;;/q;;;;;;6*+1;;;;;;/p-6. The van der Waals surface area contributed by atoms with Crippen LogP contribution in [0.4, 0.5) is 0 Å². The minimum atomic E-state index is 0.528. The number of rotatable bonds is 12. The summed E-state index contributed by atoms with van der Waals surface area (Å²) in [5, 5.41) is 8.67. The van der Waals surface area contributed by atoms with Gasteiger partial charge < -0.3 is 22.7 Å². The number of hydrogen-bond acceptors (Lipinski definition) is 23. The first kappa shape index (κ1) is 65.5. The lowest BCUT2D eigenvalue weighted by atomic mass is 10.2. The smallest absolute Gasteiger partial charge is 0.495 e. The summed E-state index contributed by atoms with van der Waals surface area (Å²) in [4.78, 5) is 65.8. The SMILES string of the molecule is Cc1ccc(-c2ncccc2[O][AlH])nc1.N#Cc1ccc(-c2ncccc2[O][AlH])nc1.[AlH][O]c1ccncc1-c1ccncn1.[AlH][O]c1ccncc1-c1ncccn1.[AlH][O]c1cnccc1-c1ncccn1.[AlH][O]c1ncccc1-c1ncccn1. The Bertz CT molecular complexity index is 3690. The van der Waals surface area contributed by atoms with Gasteiger partial charge in [-0.3, -0.25) is 34.9 Å². The summed E-state index contributed by atoms with van der Waals surface area (Å²) in [6.45, 7) is 2.01. The van der Waals surface area contributed by atoms with Crippen LogP contribution in [0.25, 0.3) is 68.2 Å². The second-order valence-corrected chi connectivity index (χ2v) is 18.3. The maximum absolute atomic E-state index is 8.67. The molecule has 0 aliphatic heterocycles. The van der Waals surface area contributed by atoms with E-state index < -0.39 is 0 Å². The van der Waals surface area contributed by atoms with E-state index in [9.17, 15) is 0 Å². The number of hydrogen-bond donors (Lipinski definition) is 0. The first-order valence-electron chi connectivity index (χ1n) is 25.4. The predicted octanol–water partition coefficient (Wildman–Crippen LogP) is 5.79. The highest BCUT2D eigenvalue weighted by molar-refractivity contribution is 6.02. The maximum Gasteiger partial charge on any atom is 0.495 e. The van der Waals surface area contributed by atoms with Gasteiger partial charge in [-0.25, -0.2) is 44.9 Å².